The molecule has 2 atom stereocenters. The summed E-state index contributed by atoms with van der Waals surface area (Å²) in [6.45, 7) is 2.04. The number of hydrogen-bond donors (Lipinski definition) is 2. The highest BCUT2D eigenvalue weighted by Crippen LogP contribution is 2.18. The van der Waals surface area contributed by atoms with Crippen molar-refractivity contribution < 1.29 is 27.8 Å². The summed E-state index contributed by atoms with van der Waals surface area (Å²) in [6, 6.07) is 0.699. The van der Waals surface area contributed by atoms with Crippen molar-refractivity contribution in [3.05, 3.63) is 0 Å². The zero-order valence-electron chi connectivity index (χ0n) is 7.17. The molecule has 2 saturated heterocycles. The molecule has 82 valence electrons. The molecule has 0 aromatic carbocycles. The lowest BCUT2D eigenvalue weighted by atomic mass is 10.3. The Morgan fingerprint density at radius 2 is 2.07 bits per heavy atom. The molecule has 4 nitrogen and oxygen atoms in total. The van der Waals surface area contributed by atoms with Crippen LogP contribution in [0.4, 0.5) is 13.2 Å². The SMILES string of the molecule is C1O[C@@H]2CN[C@H]1C2.O=C(O)C(F)(F)F. The van der Waals surface area contributed by atoms with Crippen LogP contribution < -0.4 is 5.32 Å². The second kappa shape index (κ2) is 4.14. The third-order valence-electron chi connectivity index (χ3n) is 1.96. The van der Waals surface area contributed by atoms with Crippen molar-refractivity contribution in [2.24, 2.45) is 0 Å². The van der Waals surface area contributed by atoms with Gasteiger partial charge in [-0.3, -0.25) is 0 Å². The van der Waals surface area contributed by atoms with Crippen LogP contribution in [0.15, 0.2) is 0 Å². The summed E-state index contributed by atoms with van der Waals surface area (Å²) in [5.41, 5.74) is 0. The molecule has 2 aliphatic heterocycles. The molecule has 2 bridgehead atoms. The maximum absolute atomic E-state index is 10.6. The molecule has 0 radical (unpaired) electrons. The van der Waals surface area contributed by atoms with E-state index in [1.807, 2.05) is 0 Å². The Morgan fingerprint density at radius 1 is 1.50 bits per heavy atom. The Bertz CT molecular complexity index is 201. The van der Waals surface area contributed by atoms with Gasteiger partial charge in [0.25, 0.3) is 0 Å². The van der Waals surface area contributed by atoms with Gasteiger partial charge in [0.05, 0.1) is 12.7 Å². The van der Waals surface area contributed by atoms with Crippen molar-refractivity contribution in [3.8, 4) is 0 Å². The Morgan fingerprint density at radius 3 is 2.14 bits per heavy atom. The third kappa shape index (κ3) is 3.15. The van der Waals surface area contributed by atoms with Crippen LogP contribution in [0.2, 0.25) is 0 Å². The van der Waals surface area contributed by atoms with E-state index in [1.165, 1.54) is 6.42 Å². The number of carbonyl (C=O) groups is 1. The van der Waals surface area contributed by atoms with Crippen LogP contribution >= 0.6 is 0 Å². The van der Waals surface area contributed by atoms with Crippen molar-refractivity contribution >= 4 is 5.97 Å². The van der Waals surface area contributed by atoms with E-state index in [2.05, 4.69) is 5.32 Å². The average molecular weight is 213 g/mol. The van der Waals surface area contributed by atoms with E-state index in [0.29, 0.717) is 12.1 Å². The van der Waals surface area contributed by atoms with E-state index >= 15 is 0 Å². The Balaban J connectivity index is 0.000000140. The summed E-state index contributed by atoms with van der Waals surface area (Å²) in [4.78, 5) is 8.90. The molecule has 2 aliphatic rings. The van der Waals surface area contributed by atoms with Gasteiger partial charge in [0, 0.05) is 12.6 Å². The van der Waals surface area contributed by atoms with Crippen molar-refractivity contribution in [1.29, 1.82) is 0 Å². The molecule has 0 aliphatic carbocycles. The summed E-state index contributed by atoms with van der Waals surface area (Å²) in [6.07, 6.45) is -3.27. The van der Waals surface area contributed by atoms with Crippen molar-refractivity contribution in [2.75, 3.05) is 13.2 Å². The lowest BCUT2D eigenvalue weighted by Crippen LogP contribution is -2.30. The number of hydrogen-bond acceptors (Lipinski definition) is 3. The molecule has 14 heavy (non-hydrogen) atoms. The number of morpholine rings is 1. The van der Waals surface area contributed by atoms with Crippen LogP contribution in [0, 0.1) is 0 Å². The predicted octanol–water partition coefficient (Wildman–Crippen LogP) is 0.380. The lowest BCUT2D eigenvalue weighted by molar-refractivity contribution is -0.192. The van der Waals surface area contributed by atoms with Crippen molar-refractivity contribution in [1.82, 2.24) is 5.32 Å². The van der Waals surface area contributed by atoms with E-state index in [0.717, 1.165) is 13.2 Å². The second-order valence-corrected chi connectivity index (χ2v) is 3.10. The average Bonchev–Trinajstić information content (AvgIpc) is 2.65. The lowest BCUT2D eigenvalue weighted by Gasteiger charge is -2.09. The molecular weight excluding hydrogens is 203 g/mol. The Hall–Kier alpha value is -0.820. The van der Waals surface area contributed by atoms with Gasteiger partial charge in [0.2, 0.25) is 0 Å². The van der Waals surface area contributed by atoms with Gasteiger partial charge in [0.1, 0.15) is 0 Å². The molecular formula is C7H10F3NO3. The van der Waals surface area contributed by atoms with Crippen LogP contribution in [0.3, 0.4) is 0 Å². The minimum atomic E-state index is -5.08. The number of rotatable bonds is 0. The van der Waals surface area contributed by atoms with E-state index in [-0.39, 0.29) is 0 Å². The topological polar surface area (TPSA) is 58.6 Å². The van der Waals surface area contributed by atoms with Crippen molar-refractivity contribution in [2.45, 2.75) is 24.7 Å². The molecule has 0 saturated carbocycles. The number of halogens is 3. The first-order valence-electron chi connectivity index (χ1n) is 4.04. The summed E-state index contributed by atoms with van der Waals surface area (Å²) in [5.74, 6) is -2.76. The quantitative estimate of drug-likeness (QED) is 0.610. The molecule has 0 aromatic heterocycles. The van der Waals surface area contributed by atoms with Crippen LogP contribution in [-0.4, -0.2) is 42.5 Å². The molecule has 0 unspecified atom stereocenters. The summed E-state index contributed by atoms with van der Waals surface area (Å²) >= 11 is 0. The molecule has 2 heterocycles. The third-order valence-corrected chi connectivity index (χ3v) is 1.96. The summed E-state index contributed by atoms with van der Waals surface area (Å²) in [7, 11) is 0. The number of nitrogens with one attached hydrogen (secondary N) is 1. The highest BCUT2D eigenvalue weighted by atomic mass is 19.4. The van der Waals surface area contributed by atoms with Gasteiger partial charge in [0.15, 0.2) is 0 Å². The molecule has 0 aromatic rings. The van der Waals surface area contributed by atoms with Gasteiger partial charge >= 0.3 is 12.1 Å². The zero-order chi connectivity index (χ0) is 10.8. The van der Waals surface area contributed by atoms with Gasteiger partial charge in [-0.25, -0.2) is 4.79 Å². The largest absolute Gasteiger partial charge is 0.490 e. The summed E-state index contributed by atoms with van der Waals surface area (Å²) in [5, 5.41) is 10.5. The van der Waals surface area contributed by atoms with Gasteiger partial charge < -0.3 is 15.2 Å². The van der Waals surface area contributed by atoms with Gasteiger partial charge in [-0.15, -0.1) is 0 Å². The molecule has 0 amide bonds. The van der Waals surface area contributed by atoms with Crippen LogP contribution in [0.25, 0.3) is 0 Å². The fourth-order valence-electron chi connectivity index (χ4n) is 1.29. The number of alkyl halides is 3. The van der Waals surface area contributed by atoms with E-state index in [1.54, 1.807) is 0 Å². The van der Waals surface area contributed by atoms with Gasteiger partial charge in [-0.2, -0.15) is 13.2 Å². The smallest absolute Gasteiger partial charge is 0.475 e. The molecule has 2 N–H and O–H groups in total. The minimum absolute atomic E-state index is 0.560. The molecule has 0 spiro atoms. The molecule has 2 fully saturated rings. The number of fused-ring (bicyclic) bond motifs is 2. The molecule has 7 heteroatoms. The number of aliphatic carboxylic acids is 1. The van der Waals surface area contributed by atoms with Crippen LogP contribution in [0.1, 0.15) is 6.42 Å². The fourth-order valence-corrected chi connectivity index (χ4v) is 1.29. The fraction of sp³-hybridized carbons (Fsp3) is 0.857. The number of carboxylic acids is 1. The zero-order valence-corrected chi connectivity index (χ0v) is 7.17. The monoisotopic (exact) mass is 213 g/mol. The highest BCUT2D eigenvalue weighted by molar-refractivity contribution is 5.73. The second-order valence-electron chi connectivity index (χ2n) is 3.10. The van der Waals surface area contributed by atoms with Crippen LogP contribution in [-0.2, 0) is 9.53 Å². The number of ether oxygens (including phenoxy) is 1. The predicted molar refractivity (Wildman–Crippen MR) is 39.8 cm³/mol. The highest BCUT2D eigenvalue weighted by Gasteiger charge is 2.38. The van der Waals surface area contributed by atoms with E-state index in [9.17, 15) is 13.2 Å². The van der Waals surface area contributed by atoms with E-state index < -0.39 is 12.1 Å². The number of carboxylic acid groups (broad SMARTS) is 1. The standard InChI is InChI=1S/C5H9NO.C2HF3O2/c1-4-3-7-5(1)2-6-4;3-2(4,5)1(6)7/h4-6H,1-3H2;(H,6,7)/t4-,5-;/m0./s1. The molecule has 2 rings (SSSR count). The Kier molecular flexibility index (Phi) is 3.33. The van der Waals surface area contributed by atoms with Gasteiger partial charge in [-0.05, 0) is 6.42 Å². The first-order chi connectivity index (χ1) is 6.39. The maximum atomic E-state index is 10.6. The van der Waals surface area contributed by atoms with Gasteiger partial charge in [-0.1, -0.05) is 0 Å². The normalized spacial score (nSPS) is 29.6. The maximum Gasteiger partial charge on any atom is 0.490 e. The summed E-state index contributed by atoms with van der Waals surface area (Å²) < 4.78 is 37.0. The first-order valence-corrected chi connectivity index (χ1v) is 4.04. The minimum Gasteiger partial charge on any atom is -0.475 e. The van der Waals surface area contributed by atoms with E-state index in [4.69, 9.17) is 14.6 Å². The van der Waals surface area contributed by atoms with Crippen molar-refractivity contribution in [3.63, 3.8) is 0 Å². The van der Waals surface area contributed by atoms with Crippen LogP contribution in [0.5, 0.6) is 0 Å². The Labute approximate surface area is 78.0 Å². The first kappa shape index (κ1) is 11.3.